The molecule has 0 saturated carbocycles. The Morgan fingerprint density at radius 3 is 2.67 bits per heavy atom. The monoisotopic (exact) mass is 187 g/mol. The number of carbonyl (C=O) groups excluding carboxylic acids is 1. The van der Waals surface area contributed by atoms with Gasteiger partial charge in [0.2, 0.25) is 5.91 Å². The molecule has 3 heteroatoms. The van der Waals surface area contributed by atoms with Crippen LogP contribution in [0.3, 0.4) is 0 Å². The van der Waals surface area contributed by atoms with E-state index in [0.29, 0.717) is 0 Å². The smallest absolute Gasteiger partial charge is 0.228 e. The fraction of sp³-hybridized carbons (Fsp3) is 0.167. The van der Waals surface area contributed by atoms with Crippen molar-refractivity contribution in [2.75, 3.05) is 0 Å². The van der Waals surface area contributed by atoms with Gasteiger partial charge in [0.25, 0.3) is 0 Å². The van der Waals surface area contributed by atoms with Crippen LogP contribution in [0.25, 0.3) is 0 Å². The highest BCUT2D eigenvalue weighted by Gasteiger charge is 1.98. The molecule has 0 aliphatic carbocycles. The van der Waals surface area contributed by atoms with Crippen LogP contribution in [-0.2, 0) is 0 Å². The molecule has 0 bridgehead atoms. The summed E-state index contributed by atoms with van der Waals surface area (Å²) in [7, 11) is 0. The molecule has 48 valence electrons. The van der Waals surface area contributed by atoms with Crippen molar-refractivity contribution in [1.29, 1.82) is 0 Å². The molecule has 0 atom stereocenters. The van der Waals surface area contributed by atoms with Gasteiger partial charge in [-0.2, -0.15) is 0 Å². The van der Waals surface area contributed by atoms with E-state index in [4.69, 9.17) is 0 Å². The van der Waals surface area contributed by atoms with E-state index in [0.717, 1.165) is 4.60 Å². The van der Waals surface area contributed by atoms with Crippen molar-refractivity contribution >= 4 is 21.8 Å². The lowest BCUT2D eigenvalue weighted by Gasteiger charge is -1.94. The molecule has 1 rings (SSSR count). The topological polar surface area (TPSA) is 22.0 Å². The number of hydrogen-bond donors (Lipinski definition) is 0. The van der Waals surface area contributed by atoms with Gasteiger partial charge in [-0.25, -0.2) is 0 Å². The first-order valence-corrected chi connectivity index (χ1v) is 3.35. The minimum atomic E-state index is 0.0203. The summed E-state index contributed by atoms with van der Waals surface area (Å²) >= 11 is 3.21. The summed E-state index contributed by atoms with van der Waals surface area (Å²) in [6.07, 6.45) is 1.71. The van der Waals surface area contributed by atoms with Gasteiger partial charge < -0.3 is 0 Å². The van der Waals surface area contributed by atoms with Gasteiger partial charge in [-0.3, -0.25) is 9.36 Å². The Bertz CT molecular complexity index is 229. The number of aromatic nitrogens is 1. The molecule has 0 unspecified atom stereocenters. The van der Waals surface area contributed by atoms with Crippen molar-refractivity contribution in [3.05, 3.63) is 22.9 Å². The lowest BCUT2D eigenvalue weighted by molar-refractivity contribution is 0.0934. The lowest BCUT2D eigenvalue weighted by atomic mass is 10.7. The SMILES string of the molecule is CC(=O)n1cccc1Br. The Kier molecular flexibility index (Phi) is 1.71. The Morgan fingerprint density at radius 2 is 2.44 bits per heavy atom. The van der Waals surface area contributed by atoms with Gasteiger partial charge in [0.1, 0.15) is 0 Å². The number of rotatable bonds is 0. The summed E-state index contributed by atoms with van der Waals surface area (Å²) in [4.78, 5) is 10.7. The molecule has 1 aromatic rings. The molecule has 0 amide bonds. The molecule has 0 saturated heterocycles. The Hall–Kier alpha value is -0.570. The lowest BCUT2D eigenvalue weighted by Crippen LogP contribution is -2.02. The zero-order valence-corrected chi connectivity index (χ0v) is 6.55. The van der Waals surface area contributed by atoms with Crippen LogP contribution in [0.5, 0.6) is 0 Å². The molecule has 0 spiro atoms. The average molecular weight is 188 g/mol. The maximum atomic E-state index is 10.7. The van der Waals surface area contributed by atoms with E-state index in [-0.39, 0.29) is 5.91 Å². The summed E-state index contributed by atoms with van der Waals surface area (Å²) in [6, 6.07) is 3.63. The van der Waals surface area contributed by atoms with E-state index in [1.807, 2.05) is 12.1 Å². The largest absolute Gasteiger partial charge is 0.282 e. The van der Waals surface area contributed by atoms with Crippen molar-refractivity contribution in [3.63, 3.8) is 0 Å². The van der Waals surface area contributed by atoms with E-state index in [2.05, 4.69) is 15.9 Å². The molecule has 0 aliphatic rings. The third-order valence-corrected chi connectivity index (χ3v) is 1.68. The molecule has 0 radical (unpaired) electrons. The maximum absolute atomic E-state index is 10.7. The fourth-order valence-corrected chi connectivity index (χ4v) is 1.14. The van der Waals surface area contributed by atoms with Crippen LogP contribution < -0.4 is 0 Å². The van der Waals surface area contributed by atoms with E-state index in [1.54, 1.807) is 6.20 Å². The van der Waals surface area contributed by atoms with Crippen LogP contribution in [0, 0.1) is 0 Å². The van der Waals surface area contributed by atoms with Gasteiger partial charge in [0, 0.05) is 13.1 Å². The first-order valence-electron chi connectivity index (χ1n) is 2.55. The summed E-state index contributed by atoms with van der Waals surface area (Å²) in [5.74, 6) is 0.0203. The highest BCUT2D eigenvalue weighted by Crippen LogP contribution is 2.08. The van der Waals surface area contributed by atoms with Gasteiger partial charge in [-0.1, -0.05) is 0 Å². The average Bonchev–Trinajstić information content (AvgIpc) is 2.13. The van der Waals surface area contributed by atoms with E-state index < -0.39 is 0 Å². The van der Waals surface area contributed by atoms with E-state index in [1.165, 1.54) is 11.5 Å². The van der Waals surface area contributed by atoms with Crippen molar-refractivity contribution in [2.24, 2.45) is 0 Å². The number of carbonyl (C=O) groups is 1. The molecule has 0 aromatic carbocycles. The van der Waals surface area contributed by atoms with Crippen molar-refractivity contribution in [2.45, 2.75) is 6.92 Å². The summed E-state index contributed by atoms with van der Waals surface area (Å²) in [5.41, 5.74) is 0. The van der Waals surface area contributed by atoms with Crippen LogP contribution in [0.4, 0.5) is 0 Å². The Balaban J connectivity index is 3.08. The number of hydrogen-bond acceptors (Lipinski definition) is 1. The van der Waals surface area contributed by atoms with Crippen LogP contribution in [0.2, 0.25) is 0 Å². The molecular weight excluding hydrogens is 182 g/mol. The zero-order valence-electron chi connectivity index (χ0n) is 4.97. The van der Waals surface area contributed by atoms with Crippen molar-refractivity contribution in [3.8, 4) is 0 Å². The summed E-state index contributed by atoms with van der Waals surface area (Å²) in [6.45, 7) is 1.52. The zero-order chi connectivity index (χ0) is 6.85. The molecule has 0 aliphatic heterocycles. The van der Waals surface area contributed by atoms with Gasteiger partial charge >= 0.3 is 0 Å². The van der Waals surface area contributed by atoms with Gasteiger partial charge in [-0.15, -0.1) is 0 Å². The highest BCUT2D eigenvalue weighted by atomic mass is 79.9. The third-order valence-electron chi connectivity index (χ3n) is 1.04. The van der Waals surface area contributed by atoms with E-state index in [9.17, 15) is 4.79 Å². The van der Waals surface area contributed by atoms with Crippen molar-refractivity contribution in [1.82, 2.24) is 4.57 Å². The molecule has 0 fully saturated rings. The fourth-order valence-electron chi connectivity index (χ4n) is 0.615. The van der Waals surface area contributed by atoms with E-state index >= 15 is 0 Å². The Labute approximate surface area is 61.6 Å². The second-order valence-corrected chi connectivity index (χ2v) is 2.53. The molecular formula is C6H6BrNO. The van der Waals surface area contributed by atoms with Crippen LogP contribution in [0.1, 0.15) is 11.7 Å². The summed E-state index contributed by atoms with van der Waals surface area (Å²) < 4.78 is 2.33. The number of halogens is 1. The predicted molar refractivity (Wildman–Crippen MR) is 38.4 cm³/mol. The molecule has 0 N–H and O–H groups in total. The second kappa shape index (κ2) is 2.35. The quantitative estimate of drug-likeness (QED) is 0.609. The van der Waals surface area contributed by atoms with Crippen LogP contribution in [-0.4, -0.2) is 10.5 Å². The van der Waals surface area contributed by atoms with Gasteiger partial charge in [0.15, 0.2) is 0 Å². The third kappa shape index (κ3) is 1.21. The minimum Gasteiger partial charge on any atom is -0.282 e. The number of nitrogens with zero attached hydrogens (tertiary/aromatic N) is 1. The standard InChI is InChI=1S/C6H6BrNO/c1-5(9)8-4-2-3-6(8)7/h2-4H,1H3. The normalized spacial score (nSPS) is 9.56. The van der Waals surface area contributed by atoms with Crippen LogP contribution in [0.15, 0.2) is 22.9 Å². The van der Waals surface area contributed by atoms with Gasteiger partial charge in [0.05, 0.1) is 4.60 Å². The predicted octanol–water partition coefficient (Wildman–Crippen LogP) is 1.91. The Morgan fingerprint density at radius 1 is 1.78 bits per heavy atom. The highest BCUT2D eigenvalue weighted by molar-refractivity contribution is 9.10. The van der Waals surface area contributed by atoms with Gasteiger partial charge in [-0.05, 0) is 28.1 Å². The summed E-state index contributed by atoms with van der Waals surface area (Å²) in [5, 5.41) is 0. The first-order chi connectivity index (χ1) is 4.22. The second-order valence-electron chi connectivity index (χ2n) is 1.72. The van der Waals surface area contributed by atoms with Crippen molar-refractivity contribution < 1.29 is 4.79 Å². The molecule has 9 heavy (non-hydrogen) atoms. The molecule has 1 aromatic heterocycles. The maximum Gasteiger partial charge on any atom is 0.228 e. The first kappa shape index (κ1) is 6.55. The molecule has 2 nitrogen and oxygen atoms in total. The minimum absolute atomic E-state index is 0.0203. The van der Waals surface area contributed by atoms with Crippen LogP contribution >= 0.6 is 15.9 Å². The molecule has 1 heterocycles.